The van der Waals surface area contributed by atoms with Gasteiger partial charge in [-0.2, -0.15) is 0 Å². The molecule has 198 valence electrons. The SMILES string of the molecule is CCCN1CC=C[C@@]2(C)O[C@]34C=CCN(CCN5CCOCC5)C(=O)C3N(CCO)C(=O)[C@@H]4[C@H]2C1=O. The maximum absolute atomic E-state index is 14.1. The zero-order valence-electron chi connectivity index (χ0n) is 21.3. The lowest BCUT2D eigenvalue weighted by Crippen LogP contribution is -2.57. The van der Waals surface area contributed by atoms with Crippen molar-refractivity contribution in [2.45, 2.75) is 37.5 Å². The van der Waals surface area contributed by atoms with Crippen LogP contribution in [0.1, 0.15) is 20.3 Å². The number of nitrogens with zero attached hydrogens (tertiary/aromatic N) is 4. The fraction of sp³-hybridized carbons (Fsp3) is 0.731. The molecular formula is C26H38N4O6. The molecule has 0 aliphatic carbocycles. The summed E-state index contributed by atoms with van der Waals surface area (Å²) < 4.78 is 12.2. The molecule has 10 heteroatoms. The van der Waals surface area contributed by atoms with E-state index in [0.717, 1.165) is 19.5 Å². The molecule has 10 nitrogen and oxygen atoms in total. The van der Waals surface area contributed by atoms with E-state index in [1.54, 1.807) is 9.80 Å². The Morgan fingerprint density at radius 3 is 2.31 bits per heavy atom. The van der Waals surface area contributed by atoms with E-state index in [0.29, 0.717) is 45.9 Å². The first kappa shape index (κ1) is 25.4. The number of likely N-dealkylation sites (tertiary alicyclic amines) is 1. The smallest absolute Gasteiger partial charge is 0.249 e. The number of amides is 3. The van der Waals surface area contributed by atoms with Crippen LogP contribution in [0.2, 0.25) is 0 Å². The summed E-state index contributed by atoms with van der Waals surface area (Å²) >= 11 is 0. The third kappa shape index (κ3) is 3.98. The first-order chi connectivity index (χ1) is 17.4. The summed E-state index contributed by atoms with van der Waals surface area (Å²) in [6.07, 6.45) is 8.41. The Kier molecular flexibility index (Phi) is 6.97. The summed E-state index contributed by atoms with van der Waals surface area (Å²) in [4.78, 5) is 49.1. The van der Waals surface area contributed by atoms with Gasteiger partial charge in [0.1, 0.15) is 11.6 Å². The average Bonchev–Trinajstić information content (AvgIpc) is 3.13. The number of fused-ring (bicyclic) bond motifs is 2. The number of aliphatic hydroxyl groups excluding tert-OH is 1. The van der Waals surface area contributed by atoms with Crippen LogP contribution < -0.4 is 0 Å². The van der Waals surface area contributed by atoms with Gasteiger partial charge in [0, 0.05) is 52.4 Å². The Morgan fingerprint density at radius 1 is 0.917 bits per heavy atom. The second kappa shape index (κ2) is 9.89. The molecule has 3 amide bonds. The van der Waals surface area contributed by atoms with Crippen LogP contribution in [0.15, 0.2) is 24.3 Å². The van der Waals surface area contributed by atoms with Crippen LogP contribution in [0.3, 0.4) is 0 Å². The van der Waals surface area contributed by atoms with Gasteiger partial charge in [-0.25, -0.2) is 0 Å². The van der Waals surface area contributed by atoms with E-state index in [4.69, 9.17) is 9.47 Å². The topological polar surface area (TPSA) is 103 Å². The van der Waals surface area contributed by atoms with Crippen LogP contribution in [0.25, 0.3) is 0 Å². The molecule has 5 heterocycles. The van der Waals surface area contributed by atoms with Gasteiger partial charge in [0.15, 0.2) is 0 Å². The van der Waals surface area contributed by atoms with Crippen molar-refractivity contribution in [2.75, 3.05) is 72.2 Å². The third-order valence-corrected chi connectivity index (χ3v) is 8.35. The van der Waals surface area contributed by atoms with Crippen LogP contribution in [0.5, 0.6) is 0 Å². The number of β-amino-alcohol motifs (C(OH)–C–C–N with tert-alkyl or cyclic N) is 1. The van der Waals surface area contributed by atoms with Gasteiger partial charge in [-0.05, 0) is 13.3 Å². The molecule has 5 atom stereocenters. The zero-order valence-corrected chi connectivity index (χ0v) is 21.3. The maximum atomic E-state index is 14.1. The van der Waals surface area contributed by atoms with E-state index in [2.05, 4.69) is 4.90 Å². The molecule has 1 spiro atoms. The summed E-state index contributed by atoms with van der Waals surface area (Å²) in [5, 5.41) is 9.80. The predicted octanol–water partition coefficient (Wildman–Crippen LogP) is -0.511. The van der Waals surface area contributed by atoms with Gasteiger partial charge in [0.25, 0.3) is 0 Å². The van der Waals surface area contributed by atoms with Gasteiger partial charge < -0.3 is 29.3 Å². The van der Waals surface area contributed by atoms with Crippen molar-refractivity contribution >= 4 is 17.7 Å². The molecule has 1 N–H and O–H groups in total. The number of carbonyl (C=O) groups excluding carboxylic acids is 3. The number of rotatable bonds is 7. The van der Waals surface area contributed by atoms with Crippen molar-refractivity contribution in [3.8, 4) is 0 Å². The summed E-state index contributed by atoms with van der Waals surface area (Å²) in [7, 11) is 0. The number of morpholine rings is 1. The standard InChI is InChI=1S/C26H38N4O6/c1-3-8-28-9-4-6-25(2)19(22(28)32)20-23(33)30(13-16-31)21-24(34)29(10-5-7-26(20,21)36-25)12-11-27-14-17-35-18-15-27/h4-7,19-21,31H,3,8-18H2,1-2H3/t19-,20-,21?,25+,26-/m0/s1. The zero-order chi connectivity index (χ0) is 25.5. The fourth-order valence-corrected chi connectivity index (χ4v) is 6.73. The number of carbonyl (C=O) groups is 3. The summed E-state index contributed by atoms with van der Waals surface area (Å²) in [5.41, 5.74) is -2.26. The Balaban J connectivity index is 1.49. The van der Waals surface area contributed by atoms with Crippen molar-refractivity contribution in [2.24, 2.45) is 11.8 Å². The lowest BCUT2D eigenvalue weighted by Gasteiger charge is -2.37. The van der Waals surface area contributed by atoms with Crippen molar-refractivity contribution in [1.29, 1.82) is 0 Å². The van der Waals surface area contributed by atoms with Crippen molar-refractivity contribution in [3.63, 3.8) is 0 Å². The summed E-state index contributed by atoms with van der Waals surface area (Å²) in [6, 6.07) is -0.921. The first-order valence-corrected chi connectivity index (χ1v) is 13.2. The van der Waals surface area contributed by atoms with Crippen LogP contribution in [-0.2, 0) is 23.9 Å². The van der Waals surface area contributed by atoms with E-state index in [1.165, 1.54) is 4.90 Å². The molecular weight excluding hydrogens is 464 g/mol. The highest BCUT2D eigenvalue weighted by atomic mass is 16.5. The van der Waals surface area contributed by atoms with Crippen LogP contribution >= 0.6 is 0 Å². The Labute approximate surface area is 212 Å². The van der Waals surface area contributed by atoms with Crippen LogP contribution in [0, 0.1) is 11.8 Å². The Morgan fingerprint density at radius 2 is 1.61 bits per heavy atom. The minimum atomic E-state index is -1.26. The van der Waals surface area contributed by atoms with Gasteiger partial charge in [0.2, 0.25) is 17.7 Å². The first-order valence-electron chi connectivity index (χ1n) is 13.2. The molecule has 3 fully saturated rings. The molecule has 36 heavy (non-hydrogen) atoms. The van der Waals surface area contributed by atoms with Crippen LogP contribution in [-0.4, -0.2) is 132 Å². The van der Waals surface area contributed by atoms with Gasteiger partial charge in [-0.1, -0.05) is 31.2 Å². The van der Waals surface area contributed by atoms with Crippen molar-refractivity contribution < 1.29 is 29.0 Å². The van der Waals surface area contributed by atoms with E-state index >= 15 is 0 Å². The summed E-state index contributed by atoms with van der Waals surface area (Å²) in [6.45, 7) is 9.37. The average molecular weight is 503 g/mol. The fourth-order valence-electron chi connectivity index (χ4n) is 6.73. The number of hydrogen-bond acceptors (Lipinski definition) is 7. The highest BCUT2D eigenvalue weighted by Crippen LogP contribution is 2.57. The van der Waals surface area contributed by atoms with Crippen molar-refractivity contribution in [3.05, 3.63) is 24.3 Å². The molecule has 0 bridgehead atoms. The summed E-state index contributed by atoms with van der Waals surface area (Å²) in [5.74, 6) is -2.17. The van der Waals surface area contributed by atoms with Crippen LogP contribution in [0.4, 0.5) is 0 Å². The predicted molar refractivity (Wildman–Crippen MR) is 131 cm³/mol. The molecule has 1 unspecified atom stereocenters. The quantitative estimate of drug-likeness (QED) is 0.468. The number of hydrogen-bond donors (Lipinski definition) is 1. The molecule has 3 saturated heterocycles. The molecule has 0 aromatic heterocycles. The molecule has 0 aromatic rings. The van der Waals surface area contributed by atoms with Crippen molar-refractivity contribution in [1.82, 2.24) is 19.6 Å². The van der Waals surface area contributed by atoms with Gasteiger partial charge >= 0.3 is 0 Å². The van der Waals surface area contributed by atoms with E-state index in [-0.39, 0.29) is 30.9 Å². The number of aliphatic hydroxyl groups is 1. The number of ether oxygens (including phenoxy) is 2. The van der Waals surface area contributed by atoms with Gasteiger partial charge in [-0.3, -0.25) is 19.3 Å². The minimum absolute atomic E-state index is 0.0220. The monoisotopic (exact) mass is 502 g/mol. The molecule has 0 saturated carbocycles. The molecule has 0 radical (unpaired) electrons. The molecule has 0 aromatic carbocycles. The van der Waals surface area contributed by atoms with E-state index in [1.807, 2.05) is 38.2 Å². The largest absolute Gasteiger partial charge is 0.395 e. The van der Waals surface area contributed by atoms with E-state index in [9.17, 15) is 19.5 Å². The lowest BCUT2D eigenvalue weighted by molar-refractivity contribution is -0.153. The molecule has 5 aliphatic rings. The normalized spacial score (nSPS) is 36.7. The second-order valence-electron chi connectivity index (χ2n) is 10.6. The highest BCUT2D eigenvalue weighted by molar-refractivity contribution is 6.00. The second-order valence-corrected chi connectivity index (χ2v) is 10.6. The lowest BCUT2D eigenvalue weighted by atomic mass is 9.74. The van der Waals surface area contributed by atoms with Gasteiger partial charge in [-0.15, -0.1) is 0 Å². The Hall–Kier alpha value is -2.27. The third-order valence-electron chi connectivity index (χ3n) is 8.35. The Bertz CT molecular complexity index is 949. The maximum Gasteiger partial charge on any atom is 0.249 e. The molecule has 5 rings (SSSR count). The minimum Gasteiger partial charge on any atom is -0.395 e. The van der Waals surface area contributed by atoms with Gasteiger partial charge in [0.05, 0.1) is 37.3 Å². The molecule has 5 aliphatic heterocycles. The van der Waals surface area contributed by atoms with E-state index < -0.39 is 29.1 Å². The highest BCUT2D eigenvalue weighted by Gasteiger charge is 2.74.